The van der Waals surface area contributed by atoms with E-state index in [1.165, 1.54) is 16.7 Å². The molecule has 0 saturated carbocycles. The van der Waals surface area contributed by atoms with Crippen LogP contribution >= 0.6 is 15.9 Å². The van der Waals surface area contributed by atoms with Gasteiger partial charge in [0.1, 0.15) is 0 Å². The zero-order valence-corrected chi connectivity index (χ0v) is 14.9. The fourth-order valence-electron chi connectivity index (χ4n) is 2.29. The van der Waals surface area contributed by atoms with Crippen LogP contribution in [-0.4, -0.2) is 0 Å². The third kappa shape index (κ3) is 4.69. The molecule has 0 radical (unpaired) electrons. The second-order valence-electron chi connectivity index (χ2n) is 6.60. The molecule has 2 aromatic rings. The molecule has 2 heteroatoms. The topological polar surface area (TPSA) is 12.0 Å². The first-order valence-electron chi connectivity index (χ1n) is 7.44. The highest BCUT2D eigenvalue weighted by Crippen LogP contribution is 2.22. The van der Waals surface area contributed by atoms with Crippen molar-refractivity contribution in [3.8, 4) is 0 Å². The standard InChI is InChI=1S/C19H24BrN/c1-14(16-6-5-7-18(20)12-16)21-13-15-8-10-17(11-9-15)19(2,3)4/h5-12,14,21H,13H2,1-4H3/t14-/m1/s1. The molecule has 21 heavy (non-hydrogen) atoms. The molecule has 0 amide bonds. The number of hydrogen-bond donors (Lipinski definition) is 1. The van der Waals surface area contributed by atoms with Gasteiger partial charge in [0.05, 0.1) is 0 Å². The van der Waals surface area contributed by atoms with Crippen molar-refractivity contribution in [3.05, 3.63) is 69.7 Å². The van der Waals surface area contributed by atoms with Gasteiger partial charge in [0.15, 0.2) is 0 Å². The molecule has 0 aliphatic heterocycles. The first-order chi connectivity index (χ1) is 9.86. The summed E-state index contributed by atoms with van der Waals surface area (Å²) in [5.74, 6) is 0. The number of halogens is 1. The predicted octanol–water partition coefficient (Wildman–Crippen LogP) is 5.60. The van der Waals surface area contributed by atoms with Gasteiger partial charge in [-0.2, -0.15) is 0 Å². The van der Waals surface area contributed by atoms with Crippen molar-refractivity contribution in [3.63, 3.8) is 0 Å². The quantitative estimate of drug-likeness (QED) is 0.760. The molecule has 0 aromatic heterocycles. The highest BCUT2D eigenvalue weighted by atomic mass is 79.9. The number of nitrogens with one attached hydrogen (secondary N) is 1. The van der Waals surface area contributed by atoms with E-state index in [4.69, 9.17) is 0 Å². The molecule has 0 bridgehead atoms. The molecule has 1 atom stereocenters. The van der Waals surface area contributed by atoms with Crippen LogP contribution in [-0.2, 0) is 12.0 Å². The molecular formula is C19H24BrN. The van der Waals surface area contributed by atoms with E-state index in [1.807, 2.05) is 0 Å². The van der Waals surface area contributed by atoms with Gasteiger partial charge in [-0.3, -0.25) is 0 Å². The molecule has 112 valence electrons. The maximum atomic E-state index is 3.58. The van der Waals surface area contributed by atoms with Crippen LogP contribution in [0, 0.1) is 0 Å². The van der Waals surface area contributed by atoms with Crippen LogP contribution in [0.1, 0.15) is 50.4 Å². The Bertz CT molecular complexity index is 581. The summed E-state index contributed by atoms with van der Waals surface area (Å²) in [5, 5.41) is 3.58. The highest BCUT2D eigenvalue weighted by molar-refractivity contribution is 9.10. The zero-order chi connectivity index (χ0) is 15.5. The number of rotatable bonds is 4. The SMILES string of the molecule is C[C@@H](NCc1ccc(C(C)(C)C)cc1)c1cccc(Br)c1. The van der Waals surface area contributed by atoms with Gasteiger partial charge in [-0.15, -0.1) is 0 Å². The fraction of sp³-hybridized carbons (Fsp3) is 0.368. The molecule has 0 fully saturated rings. The van der Waals surface area contributed by atoms with Gasteiger partial charge >= 0.3 is 0 Å². The summed E-state index contributed by atoms with van der Waals surface area (Å²) >= 11 is 3.53. The van der Waals surface area contributed by atoms with Gasteiger partial charge in [0.2, 0.25) is 0 Å². The summed E-state index contributed by atoms with van der Waals surface area (Å²) in [5.41, 5.74) is 4.22. The maximum absolute atomic E-state index is 3.58. The lowest BCUT2D eigenvalue weighted by molar-refractivity contribution is 0.571. The monoisotopic (exact) mass is 345 g/mol. The number of hydrogen-bond acceptors (Lipinski definition) is 1. The van der Waals surface area contributed by atoms with Crippen LogP contribution < -0.4 is 5.32 Å². The maximum Gasteiger partial charge on any atom is 0.0295 e. The Morgan fingerprint density at radius 3 is 2.29 bits per heavy atom. The summed E-state index contributed by atoms with van der Waals surface area (Å²) in [6.07, 6.45) is 0. The Balaban J connectivity index is 1.97. The summed E-state index contributed by atoms with van der Waals surface area (Å²) in [7, 11) is 0. The minimum atomic E-state index is 0.218. The lowest BCUT2D eigenvalue weighted by Crippen LogP contribution is -2.18. The molecule has 0 unspecified atom stereocenters. The second-order valence-corrected chi connectivity index (χ2v) is 7.52. The molecular weight excluding hydrogens is 322 g/mol. The highest BCUT2D eigenvalue weighted by Gasteiger charge is 2.13. The molecule has 1 nitrogen and oxygen atoms in total. The van der Waals surface area contributed by atoms with Crippen LogP contribution in [0.3, 0.4) is 0 Å². The summed E-state index contributed by atoms with van der Waals surface area (Å²) in [4.78, 5) is 0. The third-order valence-corrected chi connectivity index (χ3v) is 4.27. The Hall–Kier alpha value is -1.12. The van der Waals surface area contributed by atoms with Crippen LogP contribution in [0.15, 0.2) is 53.0 Å². The predicted molar refractivity (Wildman–Crippen MR) is 94.5 cm³/mol. The minimum absolute atomic E-state index is 0.218. The zero-order valence-electron chi connectivity index (χ0n) is 13.3. The van der Waals surface area contributed by atoms with Crippen molar-refractivity contribution in [1.29, 1.82) is 0 Å². The van der Waals surface area contributed by atoms with E-state index in [-0.39, 0.29) is 5.41 Å². The molecule has 0 aliphatic rings. The molecule has 0 spiro atoms. The average molecular weight is 346 g/mol. The lowest BCUT2D eigenvalue weighted by atomic mass is 9.87. The normalized spacial score (nSPS) is 13.2. The summed E-state index contributed by atoms with van der Waals surface area (Å²) in [6.45, 7) is 9.82. The van der Waals surface area contributed by atoms with Crippen molar-refractivity contribution < 1.29 is 0 Å². The molecule has 0 heterocycles. The molecule has 1 N–H and O–H groups in total. The van der Waals surface area contributed by atoms with Crippen molar-refractivity contribution in [2.75, 3.05) is 0 Å². The lowest BCUT2D eigenvalue weighted by Gasteiger charge is -2.19. The van der Waals surface area contributed by atoms with Crippen LogP contribution in [0.25, 0.3) is 0 Å². The van der Waals surface area contributed by atoms with Crippen LogP contribution in [0.4, 0.5) is 0 Å². The van der Waals surface area contributed by atoms with Gasteiger partial charge in [-0.05, 0) is 41.2 Å². The third-order valence-electron chi connectivity index (χ3n) is 3.78. The Kier molecular flexibility index (Phi) is 5.23. The molecule has 2 rings (SSSR count). The van der Waals surface area contributed by atoms with Gasteiger partial charge in [-0.25, -0.2) is 0 Å². The number of benzene rings is 2. The fourth-order valence-corrected chi connectivity index (χ4v) is 2.70. The van der Waals surface area contributed by atoms with E-state index >= 15 is 0 Å². The molecule has 2 aromatic carbocycles. The Labute approximate surface area is 136 Å². The second kappa shape index (κ2) is 6.76. The van der Waals surface area contributed by atoms with Gasteiger partial charge in [-0.1, -0.05) is 73.1 Å². The first kappa shape index (κ1) is 16.3. The first-order valence-corrected chi connectivity index (χ1v) is 8.24. The van der Waals surface area contributed by atoms with E-state index in [0.717, 1.165) is 11.0 Å². The van der Waals surface area contributed by atoms with E-state index in [9.17, 15) is 0 Å². The van der Waals surface area contributed by atoms with Gasteiger partial charge in [0, 0.05) is 17.1 Å². The van der Waals surface area contributed by atoms with Gasteiger partial charge < -0.3 is 5.32 Å². The van der Waals surface area contributed by atoms with Gasteiger partial charge in [0.25, 0.3) is 0 Å². The Morgan fingerprint density at radius 2 is 1.71 bits per heavy atom. The van der Waals surface area contributed by atoms with Crippen molar-refractivity contribution >= 4 is 15.9 Å². The smallest absolute Gasteiger partial charge is 0.0295 e. The molecule has 0 saturated heterocycles. The van der Waals surface area contributed by atoms with E-state index < -0.39 is 0 Å². The van der Waals surface area contributed by atoms with E-state index in [0.29, 0.717) is 6.04 Å². The van der Waals surface area contributed by atoms with Crippen molar-refractivity contribution in [2.24, 2.45) is 0 Å². The van der Waals surface area contributed by atoms with Crippen LogP contribution in [0.5, 0.6) is 0 Å². The Morgan fingerprint density at radius 1 is 1.05 bits per heavy atom. The van der Waals surface area contributed by atoms with Crippen LogP contribution in [0.2, 0.25) is 0 Å². The largest absolute Gasteiger partial charge is 0.306 e. The summed E-state index contributed by atoms with van der Waals surface area (Å²) < 4.78 is 1.13. The average Bonchev–Trinajstić information content (AvgIpc) is 2.44. The van der Waals surface area contributed by atoms with E-state index in [2.05, 4.69) is 97.5 Å². The summed E-state index contributed by atoms with van der Waals surface area (Å²) in [6, 6.07) is 17.7. The molecule has 0 aliphatic carbocycles. The van der Waals surface area contributed by atoms with Crippen molar-refractivity contribution in [1.82, 2.24) is 5.32 Å². The minimum Gasteiger partial charge on any atom is -0.306 e. The van der Waals surface area contributed by atoms with E-state index in [1.54, 1.807) is 0 Å². The van der Waals surface area contributed by atoms with Crippen molar-refractivity contribution in [2.45, 2.75) is 45.7 Å².